The molecule has 0 spiro atoms. The molecule has 0 atom stereocenters. The summed E-state index contributed by atoms with van der Waals surface area (Å²) >= 11 is 5.90. The van der Waals surface area contributed by atoms with Gasteiger partial charge in [-0.3, -0.25) is 9.59 Å². The number of halogens is 1. The van der Waals surface area contributed by atoms with Crippen LogP contribution in [0.5, 0.6) is 0 Å². The normalized spacial score (nSPS) is 11.0. The predicted molar refractivity (Wildman–Crippen MR) is 105 cm³/mol. The van der Waals surface area contributed by atoms with Crippen LogP contribution in [0.4, 0.5) is 5.69 Å². The quantitative estimate of drug-likeness (QED) is 0.730. The monoisotopic (exact) mass is 385 g/mol. The standard InChI is InChI=1S/C19H20ClN5O2/c1-12(2)25-17-8-7-13(9-16(17)22-23-25)19(27)24(3)11-18(26)21-15-6-4-5-14(20)10-15/h4-10,12H,11H2,1-3H3,(H,21,26). The first-order valence-corrected chi connectivity index (χ1v) is 8.89. The summed E-state index contributed by atoms with van der Waals surface area (Å²) < 4.78 is 1.80. The first-order valence-electron chi connectivity index (χ1n) is 8.51. The lowest BCUT2D eigenvalue weighted by Crippen LogP contribution is -2.34. The Morgan fingerprint density at radius 3 is 2.70 bits per heavy atom. The van der Waals surface area contributed by atoms with Crippen molar-refractivity contribution in [1.29, 1.82) is 0 Å². The highest BCUT2D eigenvalue weighted by atomic mass is 35.5. The van der Waals surface area contributed by atoms with Crippen LogP contribution < -0.4 is 5.32 Å². The molecule has 0 aliphatic rings. The van der Waals surface area contributed by atoms with Gasteiger partial charge in [-0.05, 0) is 50.2 Å². The van der Waals surface area contributed by atoms with Gasteiger partial charge in [-0.1, -0.05) is 22.9 Å². The number of likely N-dealkylation sites (N-methyl/N-ethyl adjacent to an activating group) is 1. The average Bonchev–Trinajstić information content (AvgIpc) is 3.04. The SMILES string of the molecule is CC(C)n1nnc2cc(C(=O)N(C)CC(=O)Nc3cccc(Cl)c3)ccc21. The lowest BCUT2D eigenvalue weighted by molar-refractivity contribution is -0.116. The Bertz CT molecular complexity index is 999. The highest BCUT2D eigenvalue weighted by Crippen LogP contribution is 2.18. The van der Waals surface area contributed by atoms with Crippen LogP contribution in [0, 0.1) is 0 Å². The number of hydrogen-bond donors (Lipinski definition) is 1. The van der Waals surface area contributed by atoms with Crippen molar-refractivity contribution in [3.8, 4) is 0 Å². The zero-order valence-corrected chi connectivity index (χ0v) is 16.1. The van der Waals surface area contributed by atoms with Gasteiger partial charge in [0.1, 0.15) is 5.52 Å². The Balaban J connectivity index is 1.69. The van der Waals surface area contributed by atoms with Gasteiger partial charge in [-0.2, -0.15) is 0 Å². The molecule has 1 heterocycles. The van der Waals surface area contributed by atoms with E-state index < -0.39 is 0 Å². The van der Waals surface area contributed by atoms with Gasteiger partial charge >= 0.3 is 0 Å². The summed E-state index contributed by atoms with van der Waals surface area (Å²) in [6.07, 6.45) is 0. The van der Waals surface area contributed by atoms with Crippen molar-refractivity contribution in [2.24, 2.45) is 0 Å². The number of nitrogens with zero attached hydrogens (tertiary/aromatic N) is 4. The largest absolute Gasteiger partial charge is 0.332 e. The number of rotatable bonds is 5. The fourth-order valence-corrected chi connectivity index (χ4v) is 2.92. The number of carbonyl (C=O) groups excluding carboxylic acids is 2. The molecule has 0 fully saturated rings. The van der Waals surface area contributed by atoms with E-state index in [1.54, 1.807) is 48.1 Å². The average molecular weight is 386 g/mol. The Labute approximate surface area is 161 Å². The number of benzene rings is 2. The molecule has 7 nitrogen and oxygen atoms in total. The fraction of sp³-hybridized carbons (Fsp3) is 0.263. The van der Waals surface area contributed by atoms with Gasteiger partial charge < -0.3 is 10.2 Å². The summed E-state index contributed by atoms with van der Waals surface area (Å²) in [7, 11) is 1.58. The second-order valence-electron chi connectivity index (χ2n) is 6.55. The van der Waals surface area contributed by atoms with E-state index in [0.717, 1.165) is 5.52 Å². The van der Waals surface area contributed by atoms with Crippen molar-refractivity contribution in [2.75, 3.05) is 18.9 Å². The van der Waals surface area contributed by atoms with E-state index in [4.69, 9.17) is 11.6 Å². The number of amides is 2. The first-order chi connectivity index (χ1) is 12.8. The van der Waals surface area contributed by atoms with Crippen LogP contribution in [0.1, 0.15) is 30.2 Å². The number of fused-ring (bicyclic) bond motifs is 1. The molecule has 2 amide bonds. The van der Waals surface area contributed by atoms with Crippen molar-refractivity contribution in [1.82, 2.24) is 19.9 Å². The molecule has 0 aliphatic carbocycles. The van der Waals surface area contributed by atoms with Gasteiger partial charge in [0.15, 0.2) is 0 Å². The van der Waals surface area contributed by atoms with E-state index >= 15 is 0 Å². The van der Waals surface area contributed by atoms with Crippen LogP contribution in [0.25, 0.3) is 11.0 Å². The van der Waals surface area contributed by atoms with E-state index in [2.05, 4.69) is 15.6 Å². The zero-order valence-electron chi connectivity index (χ0n) is 15.3. The predicted octanol–water partition coefficient (Wildman–Crippen LogP) is 3.38. The molecule has 140 valence electrons. The minimum Gasteiger partial charge on any atom is -0.332 e. The summed E-state index contributed by atoms with van der Waals surface area (Å²) in [6, 6.07) is 12.3. The Kier molecular flexibility index (Phi) is 5.41. The highest BCUT2D eigenvalue weighted by molar-refractivity contribution is 6.30. The molecule has 0 radical (unpaired) electrons. The molecule has 0 aliphatic heterocycles. The van der Waals surface area contributed by atoms with Crippen molar-refractivity contribution in [3.63, 3.8) is 0 Å². The number of hydrogen-bond acceptors (Lipinski definition) is 4. The van der Waals surface area contributed by atoms with Crippen molar-refractivity contribution in [3.05, 3.63) is 53.1 Å². The molecule has 3 rings (SSSR count). The van der Waals surface area contributed by atoms with Gasteiger partial charge in [-0.15, -0.1) is 5.10 Å². The molecule has 0 unspecified atom stereocenters. The summed E-state index contributed by atoms with van der Waals surface area (Å²) in [6.45, 7) is 3.95. The maximum Gasteiger partial charge on any atom is 0.254 e. The summed E-state index contributed by atoms with van der Waals surface area (Å²) in [4.78, 5) is 26.2. The molecule has 1 N–H and O–H groups in total. The summed E-state index contributed by atoms with van der Waals surface area (Å²) in [5, 5.41) is 11.5. The van der Waals surface area contributed by atoms with Crippen LogP contribution in [-0.2, 0) is 4.79 Å². The van der Waals surface area contributed by atoms with Crippen LogP contribution >= 0.6 is 11.6 Å². The highest BCUT2D eigenvalue weighted by Gasteiger charge is 2.17. The molecule has 0 bridgehead atoms. The maximum atomic E-state index is 12.6. The Morgan fingerprint density at radius 1 is 1.22 bits per heavy atom. The lowest BCUT2D eigenvalue weighted by atomic mass is 10.1. The Hall–Kier alpha value is -2.93. The minimum absolute atomic E-state index is 0.0813. The fourth-order valence-electron chi connectivity index (χ4n) is 2.73. The molecule has 1 aromatic heterocycles. The second-order valence-corrected chi connectivity index (χ2v) is 6.99. The molecular formula is C19H20ClN5O2. The third-order valence-electron chi connectivity index (χ3n) is 4.04. The first kappa shape index (κ1) is 18.8. The van der Waals surface area contributed by atoms with Gasteiger partial charge in [0.2, 0.25) is 5.91 Å². The summed E-state index contributed by atoms with van der Waals surface area (Å²) in [5.41, 5.74) is 2.55. The topological polar surface area (TPSA) is 80.1 Å². The minimum atomic E-state index is -0.306. The van der Waals surface area contributed by atoms with E-state index in [-0.39, 0.29) is 24.4 Å². The zero-order chi connectivity index (χ0) is 19.6. The maximum absolute atomic E-state index is 12.6. The third-order valence-corrected chi connectivity index (χ3v) is 4.28. The molecule has 2 aromatic carbocycles. The van der Waals surface area contributed by atoms with Gasteiger partial charge in [-0.25, -0.2) is 4.68 Å². The van der Waals surface area contributed by atoms with Gasteiger partial charge in [0.25, 0.3) is 5.91 Å². The van der Waals surface area contributed by atoms with Crippen LogP contribution in [0.15, 0.2) is 42.5 Å². The number of nitrogens with one attached hydrogen (secondary N) is 1. The van der Waals surface area contributed by atoms with E-state index in [1.165, 1.54) is 4.90 Å². The molecule has 0 saturated carbocycles. The molecule has 3 aromatic rings. The van der Waals surface area contributed by atoms with Crippen molar-refractivity contribution >= 4 is 40.1 Å². The van der Waals surface area contributed by atoms with Gasteiger partial charge in [0.05, 0.1) is 12.1 Å². The number of carbonyl (C=O) groups is 2. The van der Waals surface area contributed by atoms with Crippen molar-refractivity contribution in [2.45, 2.75) is 19.9 Å². The third kappa shape index (κ3) is 4.25. The smallest absolute Gasteiger partial charge is 0.254 e. The summed E-state index contributed by atoms with van der Waals surface area (Å²) in [5.74, 6) is -0.572. The second kappa shape index (κ2) is 7.75. The number of aromatic nitrogens is 3. The van der Waals surface area contributed by atoms with Crippen LogP contribution in [0.3, 0.4) is 0 Å². The Morgan fingerprint density at radius 2 is 2.00 bits per heavy atom. The molecule has 0 saturated heterocycles. The van der Waals surface area contributed by atoms with E-state index in [1.807, 2.05) is 19.9 Å². The molecule has 27 heavy (non-hydrogen) atoms. The number of anilines is 1. The van der Waals surface area contributed by atoms with Crippen molar-refractivity contribution < 1.29 is 9.59 Å². The molecule has 8 heteroatoms. The van der Waals surface area contributed by atoms with E-state index in [9.17, 15) is 9.59 Å². The van der Waals surface area contributed by atoms with Gasteiger partial charge in [0, 0.05) is 29.4 Å². The van der Waals surface area contributed by atoms with E-state index in [0.29, 0.717) is 21.8 Å². The van der Waals surface area contributed by atoms with Crippen LogP contribution in [0.2, 0.25) is 5.02 Å². The lowest BCUT2D eigenvalue weighted by Gasteiger charge is -2.17. The van der Waals surface area contributed by atoms with Crippen LogP contribution in [-0.4, -0.2) is 45.3 Å². The molecular weight excluding hydrogens is 366 g/mol.